The van der Waals surface area contributed by atoms with Gasteiger partial charge in [0.15, 0.2) is 12.1 Å². The average Bonchev–Trinajstić information content (AvgIpc) is 0.669. The monoisotopic (exact) mass is 1500 g/mol. The van der Waals surface area contributed by atoms with Crippen LogP contribution < -0.4 is 18.9 Å². The van der Waals surface area contributed by atoms with Crippen LogP contribution >= 0.6 is 0 Å². The Morgan fingerprint density at radius 2 is 0.535 bits per heavy atom. The molecule has 19 rings (SSSR count). The summed E-state index contributed by atoms with van der Waals surface area (Å²) in [6, 6.07) is 78.9. The highest BCUT2D eigenvalue weighted by molar-refractivity contribution is 6.45. The molecule has 0 spiro atoms. The van der Waals surface area contributed by atoms with Crippen LogP contribution in [-0.4, -0.2) is 67.5 Å². The third kappa shape index (κ3) is 13.0. The van der Waals surface area contributed by atoms with Crippen molar-refractivity contribution in [2.24, 2.45) is 0 Å². The lowest BCUT2D eigenvalue weighted by molar-refractivity contribution is -0.156. The van der Waals surface area contributed by atoms with E-state index < -0.39 is 59.9 Å². The molecule has 114 heavy (non-hydrogen) atoms. The Balaban J connectivity index is 0.962. The van der Waals surface area contributed by atoms with Crippen LogP contribution in [0.4, 0.5) is 0 Å². The number of carbonyl (C=O) groups excluding carboxylic acids is 6. The zero-order valence-corrected chi connectivity index (χ0v) is 61.8. The Morgan fingerprint density at radius 1 is 0.281 bits per heavy atom. The number of hydrogen-bond acceptors (Lipinski definition) is 14. The minimum absolute atomic E-state index is 0.0330. The fraction of sp³-hybridized carbons (Fsp3) is 0.143. The van der Waals surface area contributed by atoms with Crippen molar-refractivity contribution in [1.82, 2.24) is 19.8 Å². The molecule has 4 aliphatic rings. The fourth-order valence-electron chi connectivity index (χ4n) is 17.0. The molecule has 0 radical (unpaired) electrons. The average molecular weight is 1500 g/mol. The van der Waals surface area contributed by atoms with Crippen molar-refractivity contribution < 1.29 is 57.2 Å². The molecule has 556 valence electrons. The summed E-state index contributed by atoms with van der Waals surface area (Å²) in [7, 11) is 0. The number of amides is 4. The van der Waals surface area contributed by atoms with E-state index in [-0.39, 0.29) is 99.5 Å². The lowest BCUT2D eigenvalue weighted by Crippen LogP contribution is -2.47. The number of esters is 2. The van der Waals surface area contributed by atoms with Crippen LogP contribution in [0.25, 0.3) is 87.6 Å². The summed E-state index contributed by atoms with van der Waals surface area (Å²) >= 11 is 0. The van der Waals surface area contributed by atoms with Gasteiger partial charge in [-0.2, -0.15) is 0 Å². The maximum absolute atomic E-state index is 16.9. The summed E-state index contributed by atoms with van der Waals surface area (Å²) < 4.78 is 43.0. The first kappa shape index (κ1) is 70.3. The van der Waals surface area contributed by atoms with E-state index >= 15 is 28.8 Å². The number of imide groups is 2. The molecule has 16 nitrogen and oxygen atoms in total. The van der Waals surface area contributed by atoms with E-state index in [1.165, 1.54) is 24.8 Å². The van der Waals surface area contributed by atoms with Crippen molar-refractivity contribution in [3.05, 3.63) is 325 Å². The third-order valence-electron chi connectivity index (χ3n) is 22.3. The number of rotatable bonds is 20. The predicted octanol–water partition coefficient (Wildman–Crippen LogP) is 22.8. The van der Waals surface area contributed by atoms with Gasteiger partial charge in [-0.3, -0.25) is 38.9 Å². The summed E-state index contributed by atoms with van der Waals surface area (Å²) in [5, 5.41) is 1.82. The van der Waals surface area contributed by atoms with Crippen LogP contribution in [0.1, 0.15) is 129 Å². The lowest BCUT2D eigenvalue weighted by Gasteiger charge is -2.36. The highest BCUT2D eigenvalue weighted by atomic mass is 16.6. The first-order valence-corrected chi connectivity index (χ1v) is 38.7. The third-order valence-corrected chi connectivity index (χ3v) is 22.3. The van der Waals surface area contributed by atoms with Gasteiger partial charge in [0.05, 0.1) is 22.3 Å². The van der Waals surface area contributed by atoms with E-state index in [1.807, 2.05) is 194 Å². The lowest BCUT2D eigenvalue weighted by atomic mass is 9.80. The smallest absolute Gasteiger partial charge is 0.334 e. The number of pyridine rings is 2. The quantitative estimate of drug-likeness (QED) is 0.0303. The fourth-order valence-corrected chi connectivity index (χ4v) is 17.0. The Hall–Kier alpha value is -14.1. The number of ether oxygens (including phenoxy) is 6. The second kappa shape index (κ2) is 29.9. The number of benzene rings is 13. The molecule has 2 atom stereocenters. The van der Waals surface area contributed by atoms with Crippen LogP contribution in [0.3, 0.4) is 0 Å². The van der Waals surface area contributed by atoms with Crippen molar-refractivity contribution in [3.8, 4) is 90.5 Å². The molecule has 16 heteroatoms. The highest BCUT2D eigenvalue weighted by Crippen LogP contribution is 2.59. The molecule has 13 aromatic carbocycles. The van der Waals surface area contributed by atoms with E-state index in [0.717, 1.165) is 92.8 Å². The summed E-state index contributed by atoms with van der Waals surface area (Å²) in [5.74, 6) is -3.48. The standard InChI is InChI=1S/C98H72N4O12/c103-93-75-55-79(109-71-39-19-31-65(51-71)59-23-7-1-8-24-59)85-86-80(110-72-40-20-32-66(52-72)60-25-9-2-10-26-60)56-77-84-78(96(106)102(95(77)105)92(64-45-49-100-50-46-64)98(108)114-70-37-17-6-18-38-70)58-82(112-74-42-22-34-68(54-74)62-29-13-4-14-30-62)88(90(84)86)87-81(111-73-41-21-33-67(53-73)61-27-11-3-12-28-61)57-76(83(75)89(85)87)94(104)101(93)91(63-43-47-99-48-44-63)97(107)113-69-35-15-5-16-36-69/h1-4,7-14,19-34,39-58,69-70,91-92H,5-6,15-18,35-38H2. The molecule has 0 saturated heterocycles. The van der Waals surface area contributed by atoms with Gasteiger partial charge in [-0.25, -0.2) is 9.59 Å². The zero-order valence-electron chi connectivity index (χ0n) is 61.8. The minimum atomic E-state index is -1.62. The molecule has 2 fully saturated rings. The molecule has 15 aromatic rings. The van der Waals surface area contributed by atoms with Crippen LogP contribution in [0.2, 0.25) is 0 Å². The van der Waals surface area contributed by atoms with Crippen molar-refractivity contribution in [3.63, 3.8) is 0 Å². The van der Waals surface area contributed by atoms with Gasteiger partial charge in [0.25, 0.3) is 23.6 Å². The van der Waals surface area contributed by atoms with Crippen molar-refractivity contribution in [2.75, 3.05) is 0 Å². The second-order valence-corrected chi connectivity index (χ2v) is 29.4. The molecular weight excluding hydrogens is 1430 g/mol. The van der Waals surface area contributed by atoms with E-state index in [9.17, 15) is 0 Å². The Kier molecular flexibility index (Phi) is 18.5. The van der Waals surface area contributed by atoms with E-state index in [4.69, 9.17) is 28.4 Å². The van der Waals surface area contributed by atoms with Crippen LogP contribution in [0.15, 0.2) is 292 Å². The van der Waals surface area contributed by atoms with Gasteiger partial charge in [0, 0.05) is 67.9 Å². The predicted molar refractivity (Wildman–Crippen MR) is 436 cm³/mol. The highest BCUT2D eigenvalue weighted by Gasteiger charge is 2.48. The Bertz CT molecular complexity index is 5610. The number of aromatic nitrogens is 2. The molecule has 4 heterocycles. The maximum atomic E-state index is 16.9. The number of fused-ring (bicyclic) bond motifs is 2. The summed E-state index contributed by atoms with van der Waals surface area (Å²) in [5.41, 5.74) is 7.15. The van der Waals surface area contributed by atoms with E-state index in [0.29, 0.717) is 48.7 Å². The topological polar surface area (TPSA) is 190 Å². The van der Waals surface area contributed by atoms with Crippen molar-refractivity contribution in [2.45, 2.75) is 88.5 Å². The van der Waals surface area contributed by atoms with Gasteiger partial charge in [-0.15, -0.1) is 0 Å². The molecular formula is C98H72N4O12. The largest absolute Gasteiger partial charge is 0.461 e. The number of nitrogens with zero attached hydrogens (tertiary/aromatic N) is 4. The summed E-state index contributed by atoms with van der Waals surface area (Å²) in [6.07, 6.45) is 12.8. The summed E-state index contributed by atoms with van der Waals surface area (Å²) in [4.78, 5) is 109. The van der Waals surface area contributed by atoms with Gasteiger partial charge in [-0.05, 0) is 204 Å². The van der Waals surface area contributed by atoms with E-state index in [1.54, 1.807) is 72.8 Å². The van der Waals surface area contributed by atoms with E-state index in [2.05, 4.69) is 9.97 Å². The normalized spacial score (nSPS) is 15.0. The molecule has 0 N–H and O–H groups in total. The number of hydrogen-bond donors (Lipinski definition) is 0. The first-order valence-electron chi connectivity index (χ1n) is 38.7. The number of carbonyl (C=O) groups is 6. The molecule has 2 saturated carbocycles. The molecule has 4 amide bonds. The van der Waals surface area contributed by atoms with Crippen LogP contribution in [0.5, 0.6) is 46.0 Å². The first-order chi connectivity index (χ1) is 56.0. The minimum Gasteiger partial charge on any atom is -0.461 e. The zero-order chi connectivity index (χ0) is 76.9. The van der Waals surface area contributed by atoms with Gasteiger partial charge >= 0.3 is 11.9 Å². The molecule has 2 aromatic heterocycles. The van der Waals surface area contributed by atoms with Crippen molar-refractivity contribution in [1.29, 1.82) is 0 Å². The van der Waals surface area contributed by atoms with Crippen molar-refractivity contribution >= 4 is 78.7 Å². The molecule has 2 aliphatic heterocycles. The SMILES string of the molecule is O=C(OC1CCCCC1)C(c1ccncc1)N1C(=O)c2cc(Oc3cccc(-c4ccccc4)c3)c3c4c(Oc5cccc(-c6ccccc6)c5)cc5c6c(cc(Oc7cccc(-c8ccccc8)c7)c(c7c(Oc8cccc(-c9ccccc9)c8)cc(c2c37)C1=O)c64)C(=O)N(C(C(=O)OC1CCCCC1)c1ccncc1)C5=O. The maximum Gasteiger partial charge on any atom is 0.334 e. The van der Waals surface area contributed by atoms with Crippen LogP contribution in [-0.2, 0) is 19.1 Å². The van der Waals surface area contributed by atoms with Crippen LogP contribution in [0, 0.1) is 0 Å². The van der Waals surface area contributed by atoms with Gasteiger partial charge < -0.3 is 28.4 Å². The Morgan fingerprint density at radius 3 is 0.798 bits per heavy atom. The summed E-state index contributed by atoms with van der Waals surface area (Å²) in [6.45, 7) is 0. The molecule has 2 aliphatic carbocycles. The van der Waals surface area contributed by atoms with Gasteiger partial charge in [0.2, 0.25) is 0 Å². The molecule has 0 bridgehead atoms. The second-order valence-electron chi connectivity index (χ2n) is 29.4. The van der Waals surface area contributed by atoms with Gasteiger partial charge in [-0.1, -0.05) is 183 Å². The molecule has 2 unspecified atom stereocenters. The van der Waals surface area contributed by atoms with Gasteiger partial charge in [0.1, 0.15) is 58.2 Å². The Labute approximate surface area is 656 Å².